The summed E-state index contributed by atoms with van der Waals surface area (Å²) in [6, 6.07) is 0. The van der Waals surface area contributed by atoms with E-state index in [1.165, 1.54) is 38.5 Å². The van der Waals surface area contributed by atoms with E-state index < -0.39 is 6.17 Å². The van der Waals surface area contributed by atoms with Crippen LogP contribution in [0.3, 0.4) is 0 Å². The van der Waals surface area contributed by atoms with Gasteiger partial charge in [-0.1, -0.05) is 65.0 Å². The van der Waals surface area contributed by atoms with Gasteiger partial charge in [0.25, 0.3) is 0 Å². The SMILES string of the molecule is CCCC(C)C(C)C(F)C(CC)CCC=C1CCCCC1. The summed E-state index contributed by atoms with van der Waals surface area (Å²) < 4.78 is 14.8. The number of halogens is 1. The van der Waals surface area contributed by atoms with E-state index in [4.69, 9.17) is 0 Å². The molecule has 1 fully saturated rings. The van der Waals surface area contributed by atoms with E-state index in [0.29, 0.717) is 5.92 Å². The lowest BCUT2D eigenvalue weighted by atomic mass is 9.80. The third kappa shape index (κ3) is 6.53. The molecule has 4 atom stereocenters. The van der Waals surface area contributed by atoms with E-state index in [9.17, 15) is 4.39 Å². The Hall–Kier alpha value is -0.330. The van der Waals surface area contributed by atoms with Crippen LogP contribution in [-0.4, -0.2) is 6.17 Å². The molecule has 0 amide bonds. The molecule has 1 heteroatoms. The van der Waals surface area contributed by atoms with Crippen molar-refractivity contribution in [3.05, 3.63) is 11.6 Å². The zero-order valence-electron chi connectivity index (χ0n) is 14.8. The van der Waals surface area contributed by atoms with Crippen LogP contribution in [0.15, 0.2) is 11.6 Å². The average Bonchev–Trinajstić information content (AvgIpc) is 2.51. The molecule has 0 aromatic carbocycles. The summed E-state index contributed by atoms with van der Waals surface area (Å²) in [5.41, 5.74) is 1.64. The first-order valence-electron chi connectivity index (χ1n) is 9.42. The fourth-order valence-corrected chi connectivity index (χ4v) is 3.76. The Morgan fingerprint density at radius 2 is 1.71 bits per heavy atom. The summed E-state index contributed by atoms with van der Waals surface area (Å²) >= 11 is 0. The van der Waals surface area contributed by atoms with Crippen LogP contribution in [-0.2, 0) is 0 Å². The second-order valence-electron chi connectivity index (χ2n) is 7.24. The molecule has 0 heterocycles. The van der Waals surface area contributed by atoms with Crippen molar-refractivity contribution in [3.8, 4) is 0 Å². The highest BCUT2D eigenvalue weighted by Gasteiger charge is 2.28. The first-order valence-corrected chi connectivity index (χ1v) is 9.42. The summed E-state index contributed by atoms with van der Waals surface area (Å²) in [4.78, 5) is 0. The van der Waals surface area contributed by atoms with Gasteiger partial charge in [0, 0.05) is 0 Å². The number of alkyl halides is 1. The van der Waals surface area contributed by atoms with Gasteiger partial charge < -0.3 is 0 Å². The first kappa shape index (κ1) is 18.7. The third-order valence-corrected chi connectivity index (χ3v) is 5.58. The van der Waals surface area contributed by atoms with E-state index in [1.54, 1.807) is 5.57 Å². The normalized spacial score (nSPS) is 21.7. The minimum atomic E-state index is -0.624. The summed E-state index contributed by atoms with van der Waals surface area (Å²) in [6.45, 7) is 8.69. The van der Waals surface area contributed by atoms with Crippen molar-refractivity contribution in [3.63, 3.8) is 0 Å². The predicted octanol–water partition coefficient (Wildman–Crippen LogP) is 7.09. The maximum absolute atomic E-state index is 14.8. The molecule has 1 rings (SSSR count). The van der Waals surface area contributed by atoms with E-state index in [1.807, 2.05) is 0 Å². The topological polar surface area (TPSA) is 0 Å². The van der Waals surface area contributed by atoms with Crippen molar-refractivity contribution in [2.45, 2.75) is 98.1 Å². The van der Waals surface area contributed by atoms with E-state index >= 15 is 0 Å². The summed E-state index contributed by atoms with van der Waals surface area (Å²) in [6.07, 6.45) is 13.9. The molecule has 0 radical (unpaired) electrons. The molecular weight excluding hydrogens is 259 g/mol. The zero-order chi connectivity index (χ0) is 15.7. The molecule has 0 aromatic rings. The Bertz CT molecular complexity index is 286. The van der Waals surface area contributed by atoms with Gasteiger partial charge in [0.1, 0.15) is 6.17 Å². The minimum Gasteiger partial charge on any atom is -0.247 e. The van der Waals surface area contributed by atoms with Gasteiger partial charge in [-0.3, -0.25) is 0 Å². The number of allylic oxidation sites excluding steroid dienone is 2. The fourth-order valence-electron chi connectivity index (χ4n) is 3.76. The van der Waals surface area contributed by atoms with Crippen LogP contribution in [0.1, 0.15) is 91.9 Å². The van der Waals surface area contributed by atoms with Crippen LogP contribution < -0.4 is 0 Å². The highest BCUT2D eigenvalue weighted by molar-refractivity contribution is 5.04. The molecule has 124 valence electrons. The monoisotopic (exact) mass is 296 g/mol. The maximum Gasteiger partial charge on any atom is 0.106 e. The number of hydrogen-bond donors (Lipinski definition) is 0. The van der Waals surface area contributed by atoms with Crippen molar-refractivity contribution >= 4 is 0 Å². The smallest absolute Gasteiger partial charge is 0.106 e. The van der Waals surface area contributed by atoms with Crippen molar-refractivity contribution in [1.29, 1.82) is 0 Å². The molecule has 1 saturated carbocycles. The van der Waals surface area contributed by atoms with Gasteiger partial charge >= 0.3 is 0 Å². The molecule has 0 aromatic heterocycles. The molecular formula is C20H37F. The lowest BCUT2D eigenvalue weighted by Gasteiger charge is -2.29. The standard InChI is InChI=1S/C20H37F/c1-5-11-16(3)17(4)20(21)19(6-2)15-10-14-18-12-8-7-9-13-18/h14,16-17,19-20H,5-13,15H2,1-4H3. The molecule has 0 bridgehead atoms. The van der Waals surface area contributed by atoms with Gasteiger partial charge in [-0.2, -0.15) is 0 Å². The Kier molecular flexibility index (Phi) is 9.27. The maximum atomic E-state index is 14.8. The summed E-state index contributed by atoms with van der Waals surface area (Å²) in [5, 5.41) is 0. The highest BCUT2D eigenvalue weighted by Crippen LogP contribution is 2.31. The first-order chi connectivity index (χ1) is 10.1. The molecule has 1 aliphatic carbocycles. The van der Waals surface area contributed by atoms with E-state index in [-0.39, 0.29) is 11.8 Å². The highest BCUT2D eigenvalue weighted by atomic mass is 19.1. The largest absolute Gasteiger partial charge is 0.247 e. The van der Waals surface area contributed by atoms with Gasteiger partial charge in [0.05, 0.1) is 0 Å². The molecule has 0 saturated heterocycles. The third-order valence-electron chi connectivity index (χ3n) is 5.58. The lowest BCUT2D eigenvalue weighted by Crippen LogP contribution is -2.27. The number of hydrogen-bond acceptors (Lipinski definition) is 0. The molecule has 0 spiro atoms. The predicted molar refractivity (Wildman–Crippen MR) is 92.3 cm³/mol. The summed E-state index contributed by atoms with van der Waals surface area (Å²) in [7, 11) is 0. The Morgan fingerprint density at radius 3 is 2.29 bits per heavy atom. The van der Waals surface area contributed by atoms with Crippen molar-refractivity contribution in [2.75, 3.05) is 0 Å². The van der Waals surface area contributed by atoms with Gasteiger partial charge in [0.15, 0.2) is 0 Å². The van der Waals surface area contributed by atoms with Crippen LogP contribution in [0.4, 0.5) is 4.39 Å². The molecule has 0 aliphatic heterocycles. The fraction of sp³-hybridized carbons (Fsp3) is 0.900. The van der Waals surface area contributed by atoms with Crippen molar-refractivity contribution in [2.24, 2.45) is 17.8 Å². The van der Waals surface area contributed by atoms with Crippen molar-refractivity contribution in [1.82, 2.24) is 0 Å². The molecule has 21 heavy (non-hydrogen) atoms. The molecule has 0 N–H and O–H groups in total. The van der Waals surface area contributed by atoms with Crippen LogP contribution in [0.5, 0.6) is 0 Å². The van der Waals surface area contributed by atoms with Gasteiger partial charge in [-0.05, 0) is 56.3 Å². The molecule has 1 aliphatic rings. The second-order valence-corrected chi connectivity index (χ2v) is 7.24. The number of rotatable bonds is 9. The summed E-state index contributed by atoms with van der Waals surface area (Å²) in [5.74, 6) is 0.965. The van der Waals surface area contributed by atoms with Gasteiger partial charge in [0.2, 0.25) is 0 Å². The van der Waals surface area contributed by atoms with Crippen molar-refractivity contribution < 1.29 is 4.39 Å². The van der Waals surface area contributed by atoms with Crippen LogP contribution in [0.2, 0.25) is 0 Å². The molecule has 0 nitrogen and oxygen atoms in total. The van der Waals surface area contributed by atoms with Gasteiger partial charge in [-0.15, -0.1) is 0 Å². The Labute approximate surface area is 132 Å². The minimum absolute atomic E-state index is 0.206. The Morgan fingerprint density at radius 1 is 1.05 bits per heavy atom. The quantitative estimate of drug-likeness (QED) is 0.398. The Balaban J connectivity index is 2.41. The molecule has 4 unspecified atom stereocenters. The van der Waals surface area contributed by atoms with Crippen LogP contribution in [0.25, 0.3) is 0 Å². The van der Waals surface area contributed by atoms with Crippen LogP contribution in [0, 0.1) is 17.8 Å². The van der Waals surface area contributed by atoms with E-state index in [2.05, 4.69) is 33.8 Å². The van der Waals surface area contributed by atoms with Crippen LogP contribution >= 0.6 is 0 Å². The average molecular weight is 297 g/mol. The zero-order valence-corrected chi connectivity index (χ0v) is 14.8. The van der Waals surface area contributed by atoms with Gasteiger partial charge in [-0.25, -0.2) is 4.39 Å². The van der Waals surface area contributed by atoms with E-state index in [0.717, 1.165) is 25.7 Å². The lowest BCUT2D eigenvalue weighted by molar-refractivity contribution is 0.111. The second kappa shape index (κ2) is 10.4.